The maximum atomic E-state index is 10.2. The zero-order chi connectivity index (χ0) is 19.5. The Hall–Kier alpha value is -2.64. The van der Waals surface area contributed by atoms with Crippen LogP contribution in [0.1, 0.15) is 18.9 Å². The first-order valence-corrected chi connectivity index (χ1v) is 9.87. The van der Waals surface area contributed by atoms with Crippen LogP contribution in [-0.2, 0) is 6.42 Å². The summed E-state index contributed by atoms with van der Waals surface area (Å²) in [5.74, 6) is 1.64. The first-order chi connectivity index (χ1) is 13.6. The number of rotatable bonds is 7. The van der Waals surface area contributed by atoms with E-state index in [1.165, 1.54) is 16.5 Å². The predicted molar refractivity (Wildman–Crippen MR) is 113 cm³/mol. The van der Waals surface area contributed by atoms with Crippen molar-refractivity contribution in [1.29, 1.82) is 0 Å². The van der Waals surface area contributed by atoms with E-state index in [0.29, 0.717) is 12.6 Å². The van der Waals surface area contributed by atoms with Crippen molar-refractivity contribution in [2.45, 2.75) is 38.0 Å². The summed E-state index contributed by atoms with van der Waals surface area (Å²) < 4.78 is 0. The Morgan fingerprint density at radius 2 is 2.18 bits per heavy atom. The van der Waals surface area contributed by atoms with Crippen LogP contribution >= 0.6 is 0 Å². The van der Waals surface area contributed by atoms with Crippen molar-refractivity contribution in [3.05, 3.63) is 48.4 Å². The lowest BCUT2D eigenvalue weighted by Crippen LogP contribution is -2.42. The largest absolute Gasteiger partial charge is 0.391 e. The van der Waals surface area contributed by atoms with Gasteiger partial charge in [0.15, 0.2) is 0 Å². The number of β-amino-alcohol motifs (C(OH)–C–C–N with tert-alkyl or cyclic N) is 1. The number of nitrogens with one attached hydrogen (secondary N) is 3. The first kappa shape index (κ1) is 18.7. The first-order valence-electron chi connectivity index (χ1n) is 9.87. The number of anilines is 2. The Labute approximate surface area is 165 Å². The lowest BCUT2D eigenvalue weighted by molar-refractivity contribution is 0.193. The molecule has 7 heteroatoms. The molecule has 3 aromatic rings. The van der Waals surface area contributed by atoms with Crippen LogP contribution in [0.4, 0.5) is 11.6 Å². The average Bonchev–Trinajstić information content (AvgIpc) is 3.30. The Morgan fingerprint density at radius 1 is 1.32 bits per heavy atom. The number of hydrogen-bond donors (Lipinski definition) is 4. The molecule has 3 atom stereocenters. The van der Waals surface area contributed by atoms with E-state index in [0.717, 1.165) is 31.0 Å². The molecule has 4 rings (SSSR count). The van der Waals surface area contributed by atoms with E-state index in [2.05, 4.69) is 67.9 Å². The minimum atomic E-state index is -0.330. The minimum absolute atomic E-state index is 0.208. The molecule has 1 aliphatic rings. The summed E-state index contributed by atoms with van der Waals surface area (Å²) in [7, 11) is 1.84. The van der Waals surface area contributed by atoms with Crippen molar-refractivity contribution in [2.24, 2.45) is 0 Å². The van der Waals surface area contributed by atoms with Gasteiger partial charge in [0.1, 0.15) is 18.0 Å². The molecule has 7 nitrogen and oxygen atoms in total. The number of aromatic nitrogens is 3. The van der Waals surface area contributed by atoms with Crippen molar-refractivity contribution < 1.29 is 5.11 Å². The Bertz CT molecular complexity index is 926. The van der Waals surface area contributed by atoms with Crippen LogP contribution in [0, 0.1) is 0 Å². The van der Waals surface area contributed by atoms with Gasteiger partial charge in [0, 0.05) is 55.4 Å². The van der Waals surface area contributed by atoms with E-state index in [9.17, 15) is 5.11 Å². The highest BCUT2D eigenvalue weighted by molar-refractivity contribution is 5.83. The highest BCUT2D eigenvalue weighted by atomic mass is 16.3. The van der Waals surface area contributed by atoms with Crippen molar-refractivity contribution in [3.63, 3.8) is 0 Å². The summed E-state index contributed by atoms with van der Waals surface area (Å²) in [4.78, 5) is 14.1. The molecule has 3 heterocycles. The second kappa shape index (κ2) is 8.16. The standard InChI is InChI=1S/C21H28N6O/c1-14(7-15-10-24-19-6-4-3-5-18(15)19)23-11-16-8-17(28)12-27(16)21-9-20(22-2)25-13-26-21/h3-6,9-10,13-14,16-17,23-24,28H,7-8,11-12H2,1-2H3,(H,22,25,26)/t14?,16-,17-/m1/s1. The number of nitrogens with zero attached hydrogens (tertiary/aromatic N) is 3. The molecule has 28 heavy (non-hydrogen) atoms. The normalized spacial score (nSPS) is 20.6. The molecule has 1 fully saturated rings. The van der Waals surface area contributed by atoms with Crippen LogP contribution in [-0.4, -0.2) is 58.4 Å². The molecule has 0 radical (unpaired) electrons. The van der Waals surface area contributed by atoms with Gasteiger partial charge in [0.25, 0.3) is 0 Å². The Kier molecular flexibility index (Phi) is 5.45. The highest BCUT2D eigenvalue weighted by Gasteiger charge is 2.32. The molecular weight excluding hydrogens is 352 g/mol. The second-order valence-corrected chi connectivity index (χ2v) is 7.58. The fourth-order valence-corrected chi connectivity index (χ4v) is 4.05. The number of fused-ring (bicyclic) bond motifs is 1. The smallest absolute Gasteiger partial charge is 0.134 e. The van der Waals surface area contributed by atoms with Gasteiger partial charge in [-0.3, -0.25) is 0 Å². The Balaban J connectivity index is 1.39. The molecule has 1 unspecified atom stereocenters. The lowest BCUT2D eigenvalue weighted by Gasteiger charge is -2.27. The quantitative estimate of drug-likeness (QED) is 0.502. The maximum absolute atomic E-state index is 10.2. The van der Waals surface area contributed by atoms with Gasteiger partial charge in [-0.05, 0) is 31.4 Å². The molecule has 1 aromatic carbocycles. The molecule has 0 spiro atoms. The molecule has 0 bridgehead atoms. The van der Waals surface area contributed by atoms with Crippen molar-refractivity contribution in [1.82, 2.24) is 20.3 Å². The molecular formula is C21H28N6O. The van der Waals surface area contributed by atoms with E-state index >= 15 is 0 Å². The second-order valence-electron chi connectivity index (χ2n) is 7.58. The molecule has 4 N–H and O–H groups in total. The SMILES string of the molecule is CNc1cc(N2C[C@H](O)C[C@@H]2CNC(C)Cc2c[nH]c3ccccc23)ncn1. The summed E-state index contributed by atoms with van der Waals surface area (Å²) in [5.41, 5.74) is 2.51. The van der Waals surface area contributed by atoms with E-state index < -0.39 is 0 Å². The summed E-state index contributed by atoms with van der Waals surface area (Å²) in [6, 6.07) is 10.9. The van der Waals surface area contributed by atoms with Crippen LogP contribution in [0.2, 0.25) is 0 Å². The summed E-state index contributed by atoms with van der Waals surface area (Å²) in [6.45, 7) is 3.62. The number of H-pyrrole nitrogens is 1. The topological polar surface area (TPSA) is 89.1 Å². The third-order valence-electron chi connectivity index (χ3n) is 5.50. The van der Waals surface area contributed by atoms with Gasteiger partial charge in [0.2, 0.25) is 0 Å². The van der Waals surface area contributed by atoms with Gasteiger partial charge in [-0.25, -0.2) is 9.97 Å². The van der Waals surface area contributed by atoms with E-state index in [4.69, 9.17) is 0 Å². The van der Waals surface area contributed by atoms with Gasteiger partial charge < -0.3 is 25.6 Å². The van der Waals surface area contributed by atoms with Crippen molar-refractivity contribution in [3.8, 4) is 0 Å². The number of aliphatic hydroxyl groups excluding tert-OH is 1. The van der Waals surface area contributed by atoms with Crippen molar-refractivity contribution in [2.75, 3.05) is 30.4 Å². The predicted octanol–water partition coefficient (Wildman–Crippen LogP) is 2.16. The van der Waals surface area contributed by atoms with Gasteiger partial charge in [-0.2, -0.15) is 0 Å². The summed E-state index contributed by atoms with van der Waals surface area (Å²) in [5, 5.41) is 18.2. The van der Waals surface area contributed by atoms with Crippen LogP contribution in [0.15, 0.2) is 42.9 Å². The molecule has 1 aliphatic heterocycles. The fourth-order valence-electron chi connectivity index (χ4n) is 4.05. The van der Waals surface area contributed by atoms with Crippen molar-refractivity contribution >= 4 is 22.5 Å². The lowest BCUT2D eigenvalue weighted by atomic mass is 10.1. The van der Waals surface area contributed by atoms with Crippen LogP contribution in [0.3, 0.4) is 0 Å². The third-order valence-corrected chi connectivity index (χ3v) is 5.50. The Morgan fingerprint density at radius 3 is 3.04 bits per heavy atom. The zero-order valence-electron chi connectivity index (χ0n) is 16.4. The van der Waals surface area contributed by atoms with E-state index in [-0.39, 0.29) is 12.1 Å². The van der Waals surface area contributed by atoms with E-state index in [1.54, 1.807) is 6.33 Å². The number of aliphatic hydroxyl groups is 1. The molecule has 0 saturated carbocycles. The molecule has 1 saturated heterocycles. The molecule has 0 amide bonds. The number of hydrogen-bond acceptors (Lipinski definition) is 6. The van der Waals surface area contributed by atoms with Crippen LogP contribution in [0.25, 0.3) is 10.9 Å². The van der Waals surface area contributed by atoms with Gasteiger partial charge in [-0.15, -0.1) is 0 Å². The zero-order valence-corrected chi connectivity index (χ0v) is 16.4. The molecule has 0 aliphatic carbocycles. The van der Waals surface area contributed by atoms with Gasteiger partial charge in [0.05, 0.1) is 6.10 Å². The molecule has 148 valence electrons. The van der Waals surface area contributed by atoms with Crippen LogP contribution in [0.5, 0.6) is 0 Å². The number of benzene rings is 1. The minimum Gasteiger partial charge on any atom is -0.391 e. The maximum Gasteiger partial charge on any atom is 0.134 e. The summed E-state index contributed by atoms with van der Waals surface area (Å²) in [6.07, 6.45) is 5.04. The number of aromatic amines is 1. The van der Waals surface area contributed by atoms with Gasteiger partial charge >= 0.3 is 0 Å². The average molecular weight is 380 g/mol. The van der Waals surface area contributed by atoms with Crippen LogP contribution < -0.4 is 15.5 Å². The van der Waals surface area contributed by atoms with E-state index in [1.807, 2.05) is 13.1 Å². The summed E-state index contributed by atoms with van der Waals surface area (Å²) >= 11 is 0. The fraction of sp³-hybridized carbons (Fsp3) is 0.429. The number of para-hydroxylation sites is 1. The third kappa shape index (κ3) is 3.95. The highest BCUT2D eigenvalue weighted by Crippen LogP contribution is 2.25. The molecule has 2 aromatic heterocycles. The van der Waals surface area contributed by atoms with Gasteiger partial charge in [-0.1, -0.05) is 18.2 Å². The monoisotopic (exact) mass is 380 g/mol.